The third-order valence-electron chi connectivity index (χ3n) is 14.7. The zero-order chi connectivity index (χ0) is 47.7. The Balaban J connectivity index is 0.951. The number of hydrogen-bond acceptors (Lipinski definition) is 5. The molecule has 0 N–H and O–H groups in total. The summed E-state index contributed by atoms with van der Waals surface area (Å²) in [6.45, 7) is 0. The number of thiophene rings is 2. The molecular formula is C65H38N6S2. The molecule has 340 valence electrons. The predicted molar refractivity (Wildman–Crippen MR) is 307 cm³/mol. The van der Waals surface area contributed by atoms with Crippen molar-refractivity contribution in [3.63, 3.8) is 0 Å². The third-order valence-corrected chi connectivity index (χ3v) is 17.3. The maximum absolute atomic E-state index is 5.32. The van der Waals surface area contributed by atoms with E-state index in [9.17, 15) is 0 Å². The summed E-state index contributed by atoms with van der Waals surface area (Å²) in [5, 5.41) is 9.82. The lowest BCUT2D eigenvalue weighted by Gasteiger charge is -2.13. The van der Waals surface area contributed by atoms with Crippen molar-refractivity contribution in [3.8, 4) is 51.2 Å². The average molecular weight is 967 g/mol. The molecule has 0 saturated heterocycles. The molecule has 0 bridgehead atoms. The van der Waals surface area contributed by atoms with Gasteiger partial charge in [0.25, 0.3) is 0 Å². The Morgan fingerprint density at radius 1 is 0.274 bits per heavy atom. The summed E-state index contributed by atoms with van der Waals surface area (Å²) in [6.07, 6.45) is 0. The van der Waals surface area contributed by atoms with Crippen molar-refractivity contribution >= 4 is 118 Å². The van der Waals surface area contributed by atoms with E-state index in [2.05, 4.69) is 208 Å². The van der Waals surface area contributed by atoms with Crippen molar-refractivity contribution in [2.75, 3.05) is 0 Å². The maximum Gasteiger partial charge on any atom is 0.238 e. The highest BCUT2D eigenvalue weighted by Crippen LogP contribution is 2.53. The minimum atomic E-state index is 0.595. The minimum absolute atomic E-state index is 0.595. The summed E-state index contributed by atoms with van der Waals surface area (Å²) < 4.78 is 12.3. The van der Waals surface area contributed by atoms with Gasteiger partial charge in [-0.05, 0) is 76.5 Å². The molecular weight excluding hydrogens is 929 g/mol. The van der Waals surface area contributed by atoms with Gasteiger partial charge in [0.05, 0.1) is 51.9 Å². The monoisotopic (exact) mass is 966 g/mol. The molecule has 6 aromatic heterocycles. The molecule has 0 unspecified atom stereocenters. The Morgan fingerprint density at radius 3 is 1.32 bits per heavy atom. The van der Waals surface area contributed by atoms with Crippen LogP contribution in [0.3, 0.4) is 0 Å². The summed E-state index contributed by atoms with van der Waals surface area (Å²) in [5.74, 6) is 1.87. The highest BCUT2D eigenvalue weighted by molar-refractivity contribution is 7.34. The zero-order valence-electron chi connectivity index (χ0n) is 38.9. The van der Waals surface area contributed by atoms with Gasteiger partial charge >= 0.3 is 0 Å². The van der Waals surface area contributed by atoms with Gasteiger partial charge in [-0.15, -0.1) is 22.7 Å². The van der Waals surface area contributed by atoms with E-state index in [1.807, 2.05) is 59.1 Å². The molecule has 6 heterocycles. The van der Waals surface area contributed by atoms with Crippen LogP contribution in [0.5, 0.6) is 0 Å². The largest absolute Gasteiger partial charge is 0.309 e. The average Bonchev–Trinajstić information content (AvgIpc) is 4.28. The fourth-order valence-corrected chi connectivity index (χ4v) is 14.4. The van der Waals surface area contributed by atoms with Crippen molar-refractivity contribution in [3.05, 3.63) is 231 Å². The van der Waals surface area contributed by atoms with Crippen molar-refractivity contribution < 1.29 is 0 Å². The lowest BCUT2D eigenvalue weighted by atomic mass is 10.0. The molecule has 6 nitrogen and oxygen atoms in total. The summed E-state index contributed by atoms with van der Waals surface area (Å²) in [4.78, 5) is 15.7. The fraction of sp³-hybridized carbons (Fsp3) is 0. The standard InChI is InChI=1S/C65H38N6S2/c1-4-19-39(20-5-1)63-66-64(40-21-6-2-7-22-40)68-65(67-63)71-53-34-17-14-31-49(53)60-58(71)56-47-29-11-10-28-46(47)55-57-59(72-61(55)62(56)73-60)48-30-13-16-33-52(48)70(57)44-26-18-23-41(37-44)42-35-36-54-50(38-42)45-27-12-15-32-51(45)69(54)43-24-8-3-9-25-43/h1-38H. The molecule has 0 saturated carbocycles. The molecule has 0 radical (unpaired) electrons. The van der Waals surface area contributed by atoms with Crippen molar-refractivity contribution in [2.24, 2.45) is 0 Å². The predicted octanol–water partition coefficient (Wildman–Crippen LogP) is 17.7. The number of benzene rings is 10. The molecule has 16 rings (SSSR count). The van der Waals surface area contributed by atoms with Crippen LogP contribution >= 0.6 is 22.7 Å². The Hall–Kier alpha value is -9.21. The smallest absolute Gasteiger partial charge is 0.238 e. The minimum Gasteiger partial charge on any atom is -0.309 e. The van der Waals surface area contributed by atoms with Crippen LogP contribution in [0.4, 0.5) is 0 Å². The first-order valence-electron chi connectivity index (χ1n) is 24.5. The normalized spacial score (nSPS) is 12.1. The Labute approximate surface area is 425 Å². The molecule has 73 heavy (non-hydrogen) atoms. The molecule has 0 aliphatic carbocycles. The number of fused-ring (bicyclic) bond motifs is 17. The number of para-hydroxylation sites is 4. The van der Waals surface area contributed by atoms with E-state index in [0.29, 0.717) is 17.6 Å². The summed E-state index contributed by atoms with van der Waals surface area (Å²) in [5.41, 5.74) is 13.5. The van der Waals surface area contributed by atoms with Crippen LogP contribution in [-0.2, 0) is 0 Å². The van der Waals surface area contributed by atoms with Crippen molar-refractivity contribution in [1.82, 2.24) is 28.7 Å². The van der Waals surface area contributed by atoms with Gasteiger partial charge in [0.1, 0.15) is 0 Å². The number of hydrogen-bond donors (Lipinski definition) is 0. The van der Waals surface area contributed by atoms with E-state index in [1.165, 1.54) is 95.1 Å². The summed E-state index contributed by atoms with van der Waals surface area (Å²) >= 11 is 3.80. The first-order valence-corrected chi connectivity index (χ1v) is 26.2. The molecule has 0 aliphatic rings. The quantitative estimate of drug-likeness (QED) is 0.167. The van der Waals surface area contributed by atoms with Crippen LogP contribution in [0.1, 0.15) is 0 Å². The second-order valence-electron chi connectivity index (χ2n) is 18.7. The van der Waals surface area contributed by atoms with Crippen molar-refractivity contribution in [1.29, 1.82) is 0 Å². The highest BCUT2D eigenvalue weighted by Gasteiger charge is 2.28. The number of aromatic nitrogens is 6. The van der Waals surface area contributed by atoms with Gasteiger partial charge in [0.2, 0.25) is 5.95 Å². The van der Waals surface area contributed by atoms with Crippen LogP contribution in [-0.4, -0.2) is 28.7 Å². The van der Waals surface area contributed by atoms with E-state index in [1.54, 1.807) is 0 Å². The van der Waals surface area contributed by atoms with Crippen LogP contribution in [0.15, 0.2) is 231 Å². The van der Waals surface area contributed by atoms with Gasteiger partial charge in [-0.25, -0.2) is 4.98 Å². The first-order chi connectivity index (χ1) is 36.2. The van der Waals surface area contributed by atoms with E-state index in [-0.39, 0.29) is 0 Å². The highest BCUT2D eigenvalue weighted by atomic mass is 32.1. The maximum atomic E-state index is 5.32. The van der Waals surface area contributed by atoms with Crippen LogP contribution in [0.2, 0.25) is 0 Å². The Morgan fingerprint density at radius 2 is 0.712 bits per heavy atom. The molecule has 0 fully saturated rings. The molecule has 0 atom stereocenters. The van der Waals surface area contributed by atoms with E-state index in [0.717, 1.165) is 33.5 Å². The molecule has 0 aliphatic heterocycles. The second-order valence-corrected chi connectivity index (χ2v) is 20.7. The van der Waals surface area contributed by atoms with Gasteiger partial charge in [0, 0.05) is 54.8 Å². The van der Waals surface area contributed by atoms with E-state index < -0.39 is 0 Å². The molecule has 0 spiro atoms. The Kier molecular flexibility index (Phi) is 8.68. The van der Waals surface area contributed by atoms with Gasteiger partial charge in [-0.1, -0.05) is 176 Å². The topological polar surface area (TPSA) is 53.5 Å². The van der Waals surface area contributed by atoms with Gasteiger partial charge in [-0.3, -0.25) is 4.57 Å². The first kappa shape index (κ1) is 40.5. The SMILES string of the molecule is c1ccc(-c2nc(-c3ccccc3)nc(-n3c4ccccc4c4sc5c6sc7c8ccccc8n(-c8cccc(-c9ccc%10c(c9)c9ccccc9n%10-c9ccccc9)c8)c7c6c6ccccc6c5c43)n2)cc1. The summed E-state index contributed by atoms with van der Waals surface area (Å²) in [6, 6.07) is 82.6. The lowest BCUT2D eigenvalue weighted by Crippen LogP contribution is -2.06. The number of nitrogens with zero attached hydrogens (tertiary/aromatic N) is 6. The van der Waals surface area contributed by atoms with E-state index in [4.69, 9.17) is 15.0 Å². The second kappa shape index (κ2) is 15.6. The lowest BCUT2D eigenvalue weighted by molar-refractivity contribution is 0.955. The zero-order valence-corrected chi connectivity index (χ0v) is 40.6. The van der Waals surface area contributed by atoms with E-state index >= 15 is 0 Å². The van der Waals surface area contributed by atoms with Gasteiger partial charge in [-0.2, -0.15) is 9.97 Å². The summed E-state index contributed by atoms with van der Waals surface area (Å²) in [7, 11) is 0. The van der Waals surface area contributed by atoms with Gasteiger partial charge in [0.15, 0.2) is 11.6 Å². The van der Waals surface area contributed by atoms with Gasteiger partial charge < -0.3 is 9.13 Å². The molecule has 10 aromatic carbocycles. The fourth-order valence-electron chi connectivity index (χ4n) is 11.5. The Bertz CT molecular complexity index is 4850. The van der Waals surface area contributed by atoms with Crippen LogP contribution in [0, 0.1) is 0 Å². The number of rotatable bonds is 6. The van der Waals surface area contributed by atoms with Crippen molar-refractivity contribution in [2.45, 2.75) is 0 Å². The molecule has 0 amide bonds. The molecule has 16 aromatic rings. The van der Waals surface area contributed by atoms with Crippen LogP contribution in [0.25, 0.3) is 146 Å². The molecule has 8 heteroatoms. The van der Waals surface area contributed by atoms with Crippen LogP contribution < -0.4 is 0 Å². The third kappa shape index (κ3) is 5.93.